The average Bonchev–Trinajstić information content (AvgIpc) is 3.00. The normalized spacial score (nSPS) is 11.8. The van der Waals surface area contributed by atoms with Crippen molar-refractivity contribution in [3.8, 4) is 0 Å². The fourth-order valence-corrected chi connectivity index (χ4v) is 2.50. The lowest BCUT2D eigenvalue weighted by Gasteiger charge is -2.14. The van der Waals surface area contributed by atoms with Gasteiger partial charge in [0.05, 0.1) is 12.5 Å². The molecule has 1 atom stereocenters. The fraction of sp³-hybridized carbons (Fsp3) is 0.389. The third-order valence-corrected chi connectivity index (χ3v) is 3.75. The Morgan fingerprint density at radius 2 is 1.92 bits per heavy atom. The predicted molar refractivity (Wildman–Crippen MR) is 92.0 cm³/mol. The van der Waals surface area contributed by atoms with Crippen LogP contribution in [0.5, 0.6) is 0 Å². The highest BCUT2D eigenvalue weighted by atomic mass is 16.5. The quantitative estimate of drug-likeness (QED) is 0.792. The first-order valence-corrected chi connectivity index (χ1v) is 8.21. The van der Waals surface area contributed by atoms with Crippen LogP contribution in [-0.2, 0) is 16.1 Å². The predicted octanol–water partition coefficient (Wildman–Crippen LogP) is 3.21. The van der Waals surface area contributed by atoms with Crippen LogP contribution in [0.25, 0.3) is 0 Å². The molecule has 0 radical (unpaired) electrons. The molecule has 1 unspecified atom stereocenters. The van der Waals surface area contributed by atoms with E-state index in [1.54, 1.807) is 17.8 Å². The number of nitrogens with zero attached hydrogens (tertiary/aromatic N) is 2. The van der Waals surface area contributed by atoms with E-state index in [0.717, 1.165) is 5.56 Å². The van der Waals surface area contributed by atoms with Gasteiger partial charge in [0.2, 0.25) is 5.91 Å². The first kappa shape index (κ1) is 17.7. The van der Waals surface area contributed by atoms with Gasteiger partial charge in [-0.3, -0.25) is 9.48 Å². The Morgan fingerprint density at radius 3 is 2.50 bits per heavy atom. The number of aryl methyl sites for hydroxylation is 1. The van der Waals surface area contributed by atoms with Crippen molar-refractivity contribution in [1.29, 1.82) is 0 Å². The summed E-state index contributed by atoms with van der Waals surface area (Å²) in [6.07, 6.45) is 2.25. The van der Waals surface area contributed by atoms with Crippen molar-refractivity contribution < 1.29 is 14.3 Å². The van der Waals surface area contributed by atoms with E-state index in [0.29, 0.717) is 13.0 Å². The molecule has 0 aliphatic carbocycles. The van der Waals surface area contributed by atoms with Crippen molar-refractivity contribution >= 4 is 17.7 Å². The molecule has 24 heavy (non-hydrogen) atoms. The molecule has 1 aromatic carbocycles. The molecule has 128 valence electrons. The molecule has 1 aromatic heterocycles. The molecule has 6 heteroatoms. The molecule has 0 aliphatic rings. The lowest BCUT2D eigenvalue weighted by atomic mass is 9.95. The van der Waals surface area contributed by atoms with E-state index >= 15 is 0 Å². The second-order valence-corrected chi connectivity index (χ2v) is 5.33. The summed E-state index contributed by atoms with van der Waals surface area (Å²) >= 11 is 0. The standard InChI is InChI=1S/C18H23N3O3/c1-4-14(13-10-8-7-9-11-13)17(22)19-16-15(18(23)24-6-3)12-21(5-2)20-16/h7-12,14H,4-6H2,1-3H3,(H,19,20,22). The number of anilines is 1. The lowest BCUT2D eigenvalue weighted by Crippen LogP contribution is -2.22. The van der Waals surface area contributed by atoms with Crippen LogP contribution < -0.4 is 5.32 Å². The van der Waals surface area contributed by atoms with Crippen LogP contribution in [0.2, 0.25) is 0 Å². The van der Waals surface area contributed by atoms with Crippen LogP contribution in [0.1, 0.15) is 49.0 Å². The summed E-state index contributed by atoms with van der Waals surface area (Å²) in [5, 5.41) is 7.05. The minimum absolute atomic E-state index is 0.185. The molecule has 6 nitrogen and oxygen atoms in total. The number of amides is 1. The largest absolute Gasteiger partial charge is 0.462 e. The number of ether oxygens (including phenoxy) is 1. The third-order valence-electron chi connectivity index (χ3n) is 3.75. The molecule has 1 N–H and O–H groups in total. The van der Waals surface area contributed by atoms with E-state index in [1.807, 2.05) is 44.2 Å². The van der Waals surface area contributed by atoms with Gasteiger partial charge in [0.1, 0.15) is 5.56 Å². The van der Waals surface area contributed by atoms with E-state index in [1.165, 1.54) is 0 Å². The van der Waals surface area contributed by atoms with Crippen LogP contribution >= 0.6 is 0 Å². The van der Waals surface area contributed by atoms with E-state index in [2.05, 4.69) is 10.4 Å². The van der Waals surface area contributed by atoms with Crippen molar-refractivity contribution in [2.24, 2.45) is 0 Å². The van der Waals surface area contributed by atoms with Gasteiger partial charge in [-0.05, 0) is 25.8 Å². The van der Waals surface area contributed by atoms with Crippen molar-refractivity contribution in [2.75, 3.05) is 11.9 Å². The number of nitrogens with one attached hydrogen (secondary N) is 1. The maximum absolute atomic E-state index is 12.7. The van der Waals surface area contributed by atoms with Crippen LogP contribution in [0.3, 0.4) is 0 Å². The number of esters is 1. The number of hydrogen-bond acceptors (Lipinski definition) is 4. The highest BCUT2D eigenvalue weighted by Crippen LogP contribution is 2.23. The number of rotatable bonds is 7. The summed E-state index contributed by atoms with van der Waals surface area (Å²) in [7, 11) is 0. The minimum Gasteiger partial charge on any atom is -0.462 e. The van der Waals surface area contributed by atoms with Gasteiger partial charge in [0, 0.05) is 12.7 Å². The average molecular weight is 329 g/mol. The summed E-state index contributed by atoms with van der Waals surface area (Å²) in [5.41, 5.74) is 1.21. The fourth-order valence-electron chi connectivity index (χ4n) is 2.50. The Hall–Kier alpha value is -2.63. The molecule has 0 aliphatic heterocycles. The van der Waals surface area contributed by atoms with Gasteiger partial charge in [0.25, 0.3) is 0 Å². The molecule has 0 spiro atoms. The van der Waals surface area contributed by atoms with Crippen LogP contribution in [0.4, 0.5) is 5.82 Å². The Kier molecular flexibility index (Phi) is 6.12. The molecule has 0 saturated carbocycles. The lowest BCUT2D eigenvalue weighted by molar-refractivity contribution is -0.117. The Balaban J connectivity index is 2.24. The number of hydrogen-bond donors (Lipinski definition) is 1. The van der Waals surface area contributed by atoms with E-state index < -0.39 is 5.97 Å². The molecule has 0 saturated heterocycles. The second-order valence-electron chi connectivity index (χ2n) is 5.33. The number of aromatic nitrogens is 2. The molecule has 0 bridgehead atoms. The molecule has 2 aromatic rings. The summed E-state index contributed by atoms with van der Waals surface area (Å²) in [6, 6.07) is 9.56. The zero-order chi connectivity index (χ0) is 17.5. The SMILES string of the molecule is CCOC(=O)c1cn(CC)nc1NC(=O)C(CC)c1ccccc1. The summed E-state index contributed by atoms with van der Waals surface area (Å²) in [6.45, 7) is 6.46. The van der Waals surface area contributed by atoms with Crippen LogP contribution in [0.15, 0.2) is 36.5 Å². The van der Waals surface area contributed by atoms with E-state index in [4.69, 9.17) is 4.74 Å². The van der Waals surface area contributed by atoms with E-state index in [-0.39, 0.29) is 29.8 Å². The van der Waals surface area contributed by atoms with Gasteiger partial charge in [0.15, 0.2) is 5.82 Å². The van der Waals surface area contributed by atoms with Gasteiger partial charge in [-0.15, -0.1) is 0 Å². The van der Waals surface area contributed by atoms with Crippen LogP contribution in [-0.4, -0.2) is 28.3 Å². The van der Waals surface area contributed by atoms with Gasteiger partial charge in [-0.1, -0.05) is 37.3 Å². The number of carbonyl (C=O) groups excluding carboxylic acids is 2. The van der Waals surface area contributed by atoms with Crippen molar-refractivity contribution in [3.05, 3.63) is 47.7 Å². The monoisotopic (exact) mass is 329 g/mol. The van der Waals surface area contributed by atoms with Crippen molar-refractivity contribution in [1.82, 2.24) is 9.78 Å². The molecular formula is C18H23N3O3. The molecule has 2 rings (SSSR count). The third kappa shape index (κ3) is 4.01. The van der Waals surface area contributed by atoms with E-state index in [9.17, 15) is 9.59 Å². The highest BCUT2D eigenvalue weighted by molar-refractivity contribution is 6.01. The zero-order valence-corrected chi connectivity index (χ0v) is 14.3. The Morgan fingerprint density at radius 1 is 1.21 bits per heavy atom. The van der Waals surface area contributed by atoms with Gasteiger partial charge in [-0.2, -0.15) is 5.10 Å². The van der Waals surface area contributed by atoms with Crippen molar-refractivity contribution in [2.45, 2.75) is 39.7 Å². The Labute approximate surface area is 141 Å². The van der Waals surface area contributed by atoms with Crippen LogP contribution in [0, 0.1) is 0 Å². The molecule has 1 heterocycles. The van der Waals surface area contributed by atoms with Gasteiger partial charge in [-0.25, -0.2) is 4.79 Å². The van der Waals surface area contributed by atoms with Gasteiger partial charge >= 0.3 is 5.97 Å². The topological polar surface area (TPSA) is 73.2 Å². The zero-order valence-electron chi connectivity index (χ0n) is 14.3. The first-order valence-electron chi connectivity index (χ1n) is 8.21. The molecule has 0 fully saturated rings. The maximum atomic E-state index is 12.7. The number of carbonyl (C=O) groups is 2. The minimum atomic E-state index is -0.486. The highest BCUT2D eigenvalue weighted by Gasteiger charge is 2.23. The molecular weight excluding hydrogens is 306 g/mol. The smallest absolute Gasteiger partial charge is 0.343 e. The molecule has 1 amide bonds. The number of benzene rings is 1. The Bertz CT molecular complexity index is 695. The van der Waals surface area contributed by atoms with Gasteiger partial charge < -0.3 is 10.1 Å². The summed E-state index contributed by atoms with van der Waals surface area (Å²) in [4.78, 5) is 24.7. The second kappa shape index (κ2) is 8.29. The van der Waals surface area contributed by atoms with Crippen molar-refractivity contribution in [3.63, 3.8) is 0 Å². The summed E-state index contributed by atoms with van der Waals surface area (Å²) in [5.74, 6) is -0.724. The maximum Gasteiger partial charge on any atom is 0.343 e. The first-order chi connectivity index (χ1) is 11.6. The summed E-state index contributed by atoms with van der Waals surface area (Å²) < 4.78 is 6.64.